The topological polar surface area (TPSA) is 17.8 Å². The smallest absolute Gasteiger partial charge is 0.111 e. The van der Waals surface area contributed by atoms with E-state index in [2.05, 4.69) is 24.5 Å². The summed E-state index contributed by atoms with van der Waals surface area (Å²) in [7, 11) is 0. The summed E-state index contributed by atoms with van der Waals surface area (Å²) in [4.78, 5) is 3.91. The second kappa shape index (κ2) is 2.22. The van der Waals surface area contributed by atoms with E-state index in [-0.39, 0.29) is 0 Å². The first-order chi connectivity index (χ1) is 3.83. The first-order valence-corrected chi connectivity index (χ1v) is 2.98. The van der Waals surface area contributed by atoms with Crippen molar-refractivity contribution >= 4 is 12.6 Å². The number of thiol groups is 1. The monoisotopic (exact) mass is 128 g/mol. The second-order valence-corrected chi connectivity index (χ2v) is 2.02. The van der Waals surface area contributed by atoms with E-state index in [0.29, 0.717) is 0 Å². The van der Waals surface area contributed by atoms with Gasteiger partial charge >= 0.3 is 0 Å². The highest BCUT2D eigenvalue weighted by atomic mass is 32.1. The molecule has 0 unspecified atom stereocenters. The Morgan fingerprint density at radius 2 is 2.62 bits per heavy atom. The minimum atomic E-state index is 0.784. The fourth-order valence-electron chi connectivity index (χ4n) is 0.521. The van der Waals surface area contributed by atoms with E-state index >= 15 is 0 Å². The van der Waals surface area contributed by atoms with Crippen molar-refractivity contribution in [2.75, 3.05) is 0 Å². The van der Waals surface area contributed by atoms with Crippen molar-refractivity contribution in [2.24, 2.45) is 0 Å². The van der Waals surface area contributed by atoms with Crippen molar-refractivity contribution in [1.82, 2.24) is 9.55 Å². The molecule has 0 aliphatic rings. The quantitative estimate of drug-likeness (QED) is 0.562. The van der Waals surface area contributed by atoms with Gasteiger partial charge in [0.05, 0.1) is 6.33 Å². The molecule has 2 nitrogen and oxygen atoms in total. The predicted octanol–water partition coefficient (Wildman–Crippen LogP) is 1.19. The average Bonchev–Trinajstić information content (AvgIpc) is 2.14. The zero-order valence-electron chi connectivity index (χ0n) is 4.70. The van der Waals surface area contributed by atoms with Gasteiger partial charge in [0.15, 0.2) is 0 Å². The summed E-state index contributed by atoms with van der Waals surface area (Å²) < 4.78 is 1.97. The lowest BCUT2D eigenvalue weighted by molar-refractivity contribution is 0.760. The molecular formula is C5H8N2S. The molecule has 1 aromatic heterocycles. The van der Waals surface area contributed by atoms with Gasteiger partial charge in [-0.1, -0.05) is 0 Å². The van der Waals surface area contributed by atoms with Crippen LogP contribution in [0.2, 0.25) is 0 Å². The Kier molecular flexibility index (Phi) is 1.58. The summed E-state index contributed by atoms with van der Waals surface area (Å²) >= 11 is 4.03. The molecule has 0 saturated heterocycles. The molecule has 0 fully saturated rings. The lowest BCUT2D eigenvalue weighted by atomic mass is 10.7. The van der Waals surface area contributed by atoms with Crippen LogP contribution in [-0.4, -0.2) is 9.55 Å². The van der Waals surface area contributed by atoms with Gasteiger partial charge in [0.2, 0.25) is 0 Å². The molecule has 0 radical (unpaired) electrons. The molecule has 0 atom stereocenters. The molecule has 3 heteroatoms. The van der Waals surface area contributed by atoms with E-state index in [9.17, 15) is 0 Å². The normalized spacial score (nSPS) is 9.75. The molecule has 0 spiro atoms. The summed E-state index contributed by atoms with van der Waals surface area (Å²) in [5.74, 6) is 0. The largest absolute Gasteiger partial charge is 0.337 e. The molecule has 1 heterocycles. The molecule has 0 saturated carbocycles. The van der Waals surface area contributed by atoms with Gasteiger partial charge in [0, 0.05) is 12.7 Å². The van der Waals surface area contributed by atoms with Gasteiger partial charge < -0.3 is 4.57 Å². The minimum Gasteiger partial charge on any atom is -0.337 e. The van der Waals surface area contributed by atoms with E-state index in [0.717, 1.165) is 11.6 Å². The van der Waals surface area contributed by atoms with Crippen LogP contribution in [0.5, 0.6) is 0 Å². The van der Waals surface area contributed by atoms with E-state index < -0.39 is 0 Å². The van der Waals surface area contributed by atoms with Gasteiger partial charge in [0.1, 0.15) is 5.03 Å². The Hall–Kier alpha value is -0.440. The van der Waals surface area contributed by atoms with Gasteiger partial charge in [0.25, 0.3) is 0 Å². The van der Waals surface area contributed by atoms with Crippen LogP contribution < -0.4 is 0 Å². The predicted molar refractivity (Wildman–Crippen MR) is 35.2 cm³/mol. The Bertz CT molecular complexity index is 171. The van der Waals surface area contributed by atoms with Crippen molar-refractivity contribution in [2.45, 2.75) is 18.5 Å². The number of aryl methyl sites for hydroxylation is 1. The maximum Gasteiger partial charge on any atom is 0.111 e. The molecule has 0 amide bonds. The lowest BCUT2D eigenvalue weighted by Crippen LogP contribution is -1.86. The Morgan fingerprint density at radius 1 is 1.88 bits per heavy atom. The highest BCUT2D eigenvalue weighted by molar-refractivity contribution is 7.80. The zero-order valence-corrected chi connectivity index (χ0v) is 5.60. The summed E-state index contributed by atoms with van der Waals surface area (Å²) in [6, 6.07) is 0. The molecule has 1 aromatic rings. The standard InChI is InChI=1S/C5H8N2S/c1-2-7-3-5(8)6-4-7/h3-4,8H,2H2,1H3. The Morgan fingerprint density at radius 3 is 2.88 bits per heavy atom. The van der Waals surface area contributed by atoms with E-state index in [4.69, 9.17) is 0 Å². The highest BCUT2D eigenvalue weighted by Gasteiger charge is 1.86. The van der Waals surface area contributed by atoms with Crippen LogP contribution in [0.1, 0.15) is 6.92 Å². The Labute approximate surface area is 54.0 Å². The number of hydrogen-bond acceptors (Lipinski definition) is 2. The highest BCUT2D eigenvalue weighted by Crippen LogP contribution is 1.98. The minimum absolute atomic E-state index is 0.784. The molecule has 0 aliphatic carbocycles. The third kappa shape index (κ3) is 1.04. The summed E-state index contributed by atoms with van der Waals surface area (Å²) in [6.07, 6.45) is 3.66. The van der Waals surface area contributed by atoms with Crippen LogP contribution in [-0.2, 0) is 6.54 Å². The molecule has 0 bridgehead atoms. The maximum atomic E-state index is 4.03. The third-order valence-corrected chi connectivity index (χ3v) is 1.22. The Balaban J connectivity index is 2.84. The van der Waals surface area contributed by atoms with Crippen molar-refractivity contribution in [3.63, 3.8) is 0 Å². The summed E-state index contributed by atoms with van der Waals surface area (Å²) in [5, 5.41) is 0.784. The summed E-state index contributed by atoms with van der Waals surface area (Å²) in [6.45, 7) is 3.03. The molecule has 8 heavy (non-hydrogen) atoms. The lowest BCUT2D eigenvalue weighted by Gasteiger charge is -1.88. The number of nitrogens with zero attached hydrogens (tertiary/aromatic N) is 2. The zero-order chi connectivity index (χ0) is 5.98. The van der Waals surface area contributed by atoms with Crippen LogP contribution in [0.3, 0.4) is 0 Å². The van der Waals surface area contributed by atoms with Crippen LogP contribution in [0.4, 0.5) is 0 Å². The van der Waals surface area contributed by atoms with Crippen LogP contribution >= 0.6 is 12.6 Å². The fraction of sp³-hybridized carbons (Fsp3) is 0.400. The van der Waals surface area contributed by atoms with E-state index in [1.54, 1.807) is 6.33 Å². The number of imidazole rings is 1. The van der Waals surface area contributed by atoms with Gasteiger partial charge in [-0.3, -0.25) is 0 Å². The van der Waals surface area contributed by atoms with Gasteiger partial charge in [-0.2, -0.15) is 0 Å². The van der Waals surface area contributed by atoms with E-state index in [1.807, 2.05) is 10.8 Å². The third-order valence-electron chi connectivity index (χ3n) is 0.985. The van der Waals surface area contributed by atoms with Gasteiger partial charge in [-0.15, -0.1) is 12.6 Å². The molecule has 0 N–H and O–H groups in total. The average molecular weight is 128 g/mol. The molecular weight excluding hydrogens is 120 g/mol. The number of hydrogen-bond donors (Lipinski definition) is 1. The van der Waals surface area contributed by atoms with Crippen LogP contribution in [0.25, 0.3) is 0 Å². The SMILES string of the molecule is CCn1cnc(S)c1. The number of aromatic nitrogens is 2. The number of rotatable bonds is 1. The van der Waals surface area contributed by atoms with Crippen molar-refractivity contribution in [3.05, 3.63) is 12.5 Å². The van der Waals surface area contributed by atoms with Crippen molar-refractivity contribution in [3.8, 4) is 0 Å². The maximum absolute atomic E-state index is 4.03. The van der Waals surface area contributed by atoms with Crippen molar-refractivity contribution < 1.29 is 0 Å². The van der Waals surface area contributed by atoms with Crippen molar-refractivity contribution in [1.29, 1.82) is 0 Å². The van der Waals surface area contributed by atoms with Crippen LogP contribution in [0.15, 0.2) is 17.6 Å². The first-order valence-electron chi connectivity index (χ1n) is 2.53. The van der Waals surface area contributed by atoms with E-state index in [1.165, 1.54) is 0 Å². The second-order valence-electron chi connectivity index (χ2n) is 1.56. The molecule has 44 valence electrons. The van der Waals surface area contributed by atoms with Gasteiger partial charge in [-0.05, 0) is 6.92 Å². The first kappa shape index (κ1) is 5.69. The molecule has 1 rings (SSSR count). The van der Waals surface area contributed by atoms with Gasteiger partial charge in [-0.25, -0.2) is 4.98 Å². The van der Waals surface area contributed by atoms with Crippen LogP contribution in [0, 0.1) is 0 Å². The molecule has 0 aliphatic heterocycles. The molecule has 0 aromatic carbocycles. The summed E-state index contributed by atoms with van der Waals surface area (Å²) in [5.41, 5.74) is 0. The fourth-order valence-corrected chi connectivity index (χ4v) is 0.721.